The van der Waals surface area contributed by atoms with Crippen LogP contribution < -0.4 is 14.8 Å². The summed E-state index contributed by atoms with van der Waals surface area (Å²) in [6, 6.07) is 4.04. The second kappa shape index (κ2) is 4.74. The second-order valence-corrected chi connectivity index (χ2v) is 5.11. The monoisotopic (exact) mass is 263 g/mol. The zero-order chi connectivity index (χ0) is 13.4. The van der Waals surface area contributed by atoms with Crippen molar-refractivity contribution in [3.63, 3.8) is 0 Å². The van der Waals surface area contributed by atoms with Crippen molar-refractivity contribution in [1.29, 1.82) is 0 Å². The fourth-order valence-corrected chi connectivity index (χ4v) is 2.74. The highest BCUT2D eigenvalue weighted by Crippen LogP contribution is 2.41. The number of aryl methyl sites for hydroxylation is 1. The minimum atomic E-state index is -0.742. The van der Waals surface area contributed by atoms with E-state index in [9.17, 15) is 4.79 Å². The molecule has 1 aromatic rings. The van der Waals surface area contributed by atoms with Crippen molar-refractivity contribution in [3.8, 4) is 11.5 Å². The molecule has 19 heavy (non-hydrogen) atoms. The quantitative estimate of drug-likeness (QED) is 0.846. The fourth-order valence-electron chi connectivity index (χ4n) is 2.74. The molecule has 5 nitrogen and oxygen atoms in total. The summed E-state index contributed by atoms with van der Waals surface area (Å²) in [6.45, 7) is 3.61. The Morgan fingerprint density at radius 1 is 1.37 bits per heavy atom. The van der Waals surface area contributed by atoms with E-state index in [2.05, 4.69) is 11.4 Å². The first kappa shape index (κ1) is 12.3. The Hall–Kier alpha value is -1.75. The van der Waals surface area contributed by atoms with Crippen molar-refractivity contribution in [1.82, 2.24) is 5.32 Å². The summed E-state index contributed by atoms with van der Waals surface area (Å²) in [5, 5.41) is 12.3. The smallest absolute Gasteiger partial charge is 0.307 e. The number of aliphatic carboxylic acids is 1. The summed E-state index contributed by atoms with van der Waals surface area (Å²) in [5.41, 5.74) is 2.11. The van der Waals surface area contributed by atoms with Crippen molar-refractivity contribution < 1.29 is 19.4 Å². The van der Waals surface area contributed by atoms with Gasteiger partial charge in [-0.25, -0.2) is 0 Å². The first-order valence-corrected chi connectivity index (χ1v) is 6.51. The Morgan fingerprint density at radius 2 is 2.16 bits per heavy atom. The van der Waals surface area contributed by atoms with Gasteiger partial charge >= 0.3 is 5.97 Å². The van der Waals surface area contributed by atoms with Crippen molar-refractivity contribution in [2.75, 3.05) is 19.8 Å². The lowest BCUT2D eigenvalue weighted by molar-refractivity contribution is -0.141. The van der Waals surface area contributed by atoms with E-state index in [1.54, 1.807) is 0 Å². The van der Waals surface area contributed by atoms with Crippen LogP contribution in [0, 0.1) is 12.8 Å². The summed E-state index contributed by atoms with van der Waals surface area (Å²) >= 11 is 0. The number of hydrogen-bond acceptors (Lipinski definition) is 4. The molecule has 2 atom stereocenters. The maximum absolute atomic E-state index is 11.0. The van der Waals surface area contributed by atoms with Gasteiger partial charge in [0.25, 0.3) is 0 Å². The van der Waals surface area contributed by atoms with Crippen LogP contribution in [-0.4, -0.2) is 30.8 Å². The molecular formula is C14H17NO4. The zero-order valence-corrected chi connectivity index (χ0v) is 10.8. The van der Waals surface area contributed by atoms with Crippen LogP contribution in [-0.2, 0) is 4.79 Å². The van der Waals surface area contributed by atoms with E-state index in [4.69, 9.17) is 14.6 Å². The summed E-state index contributed by atoms with van der Waals surface area (Å²) in [7, 11) is 0. The minimum absolute atomic E-state index is 0.0245. The molecule has 0 saturated carbocycles. The third-order valence-corrected chi connectivity index (χ3v) is 3.67. The third kappa shape index (κ3) is 2.26. The van der Waals surface area contributed by atoms with Gasteiger partial charge in [0.05, 0.1) is 5.92 Å². The van der Waals surface area contributed by atoms with Crippen LogP contribution in [0.2, 0.25) is 0 Å². The number of hydrogen-bond donors (Lipinski definition) is 2. The maximum Gasteiger partial charge on any atom is 0.307 e. The molecular weight excluding hydrogens is 246 g/mol. The molecule has 0 spiro atoms. The first-order chi connectivity index (χ1) is 9.15. The number of fused-ring (bicyclic) bond motifs is 1. The molecule has 2 unspecified atom stereocenters. The van der Waals surface area contributed by atoms with Gasteiger partial charge in [-0.3, -0.25) is 4.79 Å². The van der Waals surface area contributed by atoms with Crippen LogP contribution in [0.3, 0.4) is 0 Å². The average molecular weight is 263 g/mol. The highest BCUT2D eigenvalue weighted by molar-refractivity contribution is 5.71. The molecule has 5 heteroatoms. The Labute approximate surface area is 111 Å². The average Bonchev–Trinajstić information content (AvgIpc) is 2.87. The van der Waals surface area contributed by atoms with Gasteiger partial charge in [-0.15, -0.1) is 0 Å². The Balaban J connectivity index is 1.92. The molecule has 2 N–H and O–H groups in total. The SMILES string of the molecule is Cc1cc2c(c(C3CC(C(=O)O)CN3)c1)OCCO2. The Bertz CT molecular complexity index is 514. The molecule has 2 heterocycles. The number of benzene rings is 1. The molecule has 1 saturated heterocycles. The Morgan fingerprint density at radius 3 is 2.89 bits per heavy atom. The van der Waals surface area contributed by atoms with Crippen molar-refractivity contribution in [2.45, 2.75) is 19.4 Å². The van der Waals surface area contributed by atoms with Gasteiger partial charge in [-0.1, -0.05) is 6.07 Å². The van der Waals surface area contributed by atoms with Crippen LogP contribution in [0.5, 0.6) is 11.5 Å². The van der Waals surface area contributed by atoms with E-state index in [-0.39, 0.29) is 12.0 Å². The van der Waals surface area contributed by atoms with Crippen molar-refractivity contribution in [3.05, 3.63) is 23.3 Å². The van der Waals surface area contributed by atoms with Gasteiger partial charge in [0, 0.05) is 18.2 Å². The number of nitrogens with one attached hydrogen (secondary N) is 1. The summed E-state index contributed by atoms with van der Waals surface area (Å²) < 4.78 is 11.3. The molecule has 0 bridgehead atoms. The minimum Gasteiger partial charge on any atom is -0.486 e. The molecule has 0 aliphatic carbocycles. The molecule has 3 rings (SSSR count). The number of rotatable bonds is 2. The van der Waals surface area contributed by atoms with Gasteiger partial charge in [0.15, 0.2) is 11.5 Å². The highest BCUT2D eigenvalue weighted by Gasteiger charge is 2.33. The first-order valence-electron chi connectivity index (χ1n) is 6.51. The molecule has 2 aliphatic rings. The number of carbonyl (C=O) groups is 1. The zero-order valence-electron chi connectivity index (χ0n) is 10.8. The van der Waals surface area contributed by atoms with E-state index in [1.807, 2.05) is 13.0 Å². The summed E-state index contributed by atoms with van der Waals surface area (Å²) in [4.78, 5) is 11.0. The van der Waals surface area contributed by atoms with Crippen LogP contribution in [0.1, 0.15) is 23.6 Å². The highest BCUT2D eigenvalue weighted by atomic mass is 16.6. The van der Waals surface area contributed by atoms with Gasteiger partial charge in [-0.05, 0) is 25.0 Å². The van der Waals surface area contributed by atoms with Crippen LogP contribution in [0.4, 0.5) is 0 Å². The van der Waals surface area contributed by atoms with Gasteiger partial charge in [0.2, 0.25) is 0 Å². The lowest BCUT2D eigenvalue weighted by Gasteiger charge is -2.24. The molecule has 0 amide bonds. The molecule has 1 fully saturated rings. The van der Waals surface area contributed by atoms with Crippen LogP contribution in [0.25, 0.3) is 0 Å². The fraction of sp³-hybridized carbons (Fsp3) is 0.500. The predicted molar refractivity (Wildman–Crippen MR) is 68.7 cm³/mol. The molecule has 2 aliphatic heterocycles. The molecule has 0 radical (unpaired) electrons. The number of ether oxygens (including phenoxy) is 2. The largest absolute Gasteiger partial charge is 0.486 e. The van der Waals surface area contributed by atoms with Gasteiger partial charge in [-0.2, -0.15) is 0 Å². The van der Waals surface area contributed by atoms with E-state index in [0.717, 1.165) is 22.6 Å². The normalized spacial score (nSPS) is 25.3. The van der Waals surface area contributed by atoms with Gasteiger partial charge < -0.3 is 19.9 Å². The lowest BCUT2D eigenvalue weighted by Crippen LogP contribution is -2.20. The molecule has 102 valence electrons. The van der Waals surface area contributed by atoms with E-state index >= 15 is 0 Å². The molecule has 1 aromatic carbocycles. The van der Waals surface area contributed by atoms with Crippen LogP contribution >= 0.6 is 0 Å². The number of carboxylic acid groups (broad SMARTS) is 1. The molecule has 0 aromatic heterocycles. The standard InChI is InChI=1S/C14H17NO4/c1-8-4-10(11-6-9(7-15-11)14(16)17)13-12(5-8)18-2-3-19-13/h4-5,9,11,15H,2-3,6-7H2,1H3,(H,16,17). The third-order valence-electron chi connectivity index (χ3n) is 3.67. The van der Waals surface area contributed by atoms with Gasteiger partial charge in [0.1, 0.15) is 13.2 Å². The van der Waals surface area contributed by atoms with E-state index in [0.29, 0.717) is 26.2 Å². The van der Waals surface area contributed by atoms with Crippen LogP contribution in [0.15, 0.2) is 12.1 Å². The maximum atomic E-state index is 11.0. The van der Waals surface area contributed by atoms with E-state index < -0.39 is 5.97 Å². The number of carboxylic acids is 1. The summed E-state index contributed by atoms with van der Waals surface area (Å²) in [6.07, 6.45) is 0.592. The van der Waals surface area contributed by atoms with Crippen molar-refractivity contribution in [2.24, 2.45) is 5.92 Å². The predicted octanol–water partition coefficient (Wildman–Crippen LogP) is 1.50. The summed E-state index contributed by atoms with van der Waals surface area (Å²) in [5.74, 6) is 0.460. The second-order valence-electron chi connectivity index (χ2n) is 5.11. The topological polar surface area (TPSA) is 67.8 Å². The van der Waals surface area contributed by atoms with E-state index in [1.165, 1.54) is 0 Å². The lowest BCUT2D eigenvalue weighted by atomic mass is 9.97. The van der Waals surface area contributed by atoms with Crippen molar-refractivity contribution >= 4 is 5.97 Å². The Kier molecular flexibility index (Phi) is 3.06.